The normalized spacial score (nSPS) is 24.1. The van der Waals surface area contributed by atoms with Crippen molar-refractivity contribution >= 4 is 39.1 Å². The number of carbonyl (C=O) groups is 1. The molecule has 1 aromatic heterocycles. The standard InChI is InChI=1S/C14H14BrClF3N3O/c15-8-6-20-7-9(16)11(8)22-3-1-13(2-4-22)5-10(14(17,18)19)21-12(13)23/h6-7,10H,1-5H2,(H,21,23). The lowest BCUT2D eigenvalue weighted by atomic mass is 9.76. The van der Waals surface area contributed by atoms with E-state index >= 15 is 0 Å². The molecule has 2 aliphatic rings. The SMILES string of the molecule is O=C1NC(C(F)(F)F)CC12CCN(c1c(Cl)cncc1Br)CC2. The molecule has 126 valence electrons. The van der Waals surface area contributed by atoms with Gasteiger partial charge in [0.05, 0.1) is 20.6 Å². The Morgan fingerprint density at radius 3 is 2.52 bits per heavy atom. The lowest BCUT2D eigenvalue weighted by molar-refractivity contribution is -0.155. The van der Waals surface area contributed by atoms with Crippen molar-refractivity contribution in [2.75, 3.05) is 18.0 Å². The van der Waals surface area contributed by atoms with E-state index in [9.17, 15) is 18.0 Å². The second-order valence-electron chi connectivity index (χ2n) is 5.99. The molecule has 4 nitrogen and oxygen atoms in total. The Morgan fingerprint density at radius 1 is 1.35 bits per heavy atom. The molecule has 1 amide bonds. The van der Waals surface area contributed by atoms with Crippen molar-refractivity contribution in [3.63, 3.8) is 0 Å². The van der Waals surface area contributed by atoms with Crippen LogP contribution in [0.15, 0.2) is 16.9 Å². The number of nitrogens with one attached hydrogen (secondary N) is 1. The Labute approximate surface area is 144 Å². The Kier molecular flexibility index (Phi) is 4.25. The highest BCUT2D eigenvalue weighted by atomic mass is 79.9. The molecular formula is C14H14BrClF3N3O. The Morgan fingerprint density at radius 2 is 2.00 bits per heavy atom. The summed E-state index contributed by atoms with van der Waals surface area (Å²) in [4.78, 5) is 18.1. The van der Waals surface area contributed by atoms with Gasteiger partial charge in [0.1, 0.15) is 6.04 Å². The summed E-state index contributed by atoms with van der Waals surface area (Å²) in [5.74, 6) is -0.487. The molecule has 3 heterocycles. The molecule has 9 heteroatoms. The van der Waals surface area contributed by atoms with Crippen molar-refractivity contribution in [2.24, 2.45) is 5.41 Å². The van der Waals surface area contributed by atoms with Gasteiger partial charge in [-0.3, -0.25) is 9.78 Å². The zero-order valence-electron chi connectivity index (χ0n) is 12.0. The van der Waals surface area contributed by atoms with Crippen LogP contribution in [0.1, 0.15) is 19.3 Å². The van der Waals surface area contributed by atoms with Crippen molar-refractivity contribution in [1.29, 1.82) is 0 Å². The smallest absolute Gasteiger partial charge is 0.369 e. The van der Waals surface area contributed by atoms with E-state index in [1.165, 1.54) is 6.20 Å². The summed E-state index contributed by atoms with van der Waals surface area (Å²) in [6, 6.07) is -1.74. The van der Waals surface area contributed by atoms with Crippen LogP contribution in [0.2, 0.25) is 5.02 Å². The Hall–Kier alpha value is -1.02. The largest absolute Gasteiger partial charge is 0.408 e. The molecule has 1 atom stereocenters. The molecule has 2 fully saturated rings. The van der Waals surface area contributed by atoms with Crippen LogP contribution in [0.4, 0.5) is 18.9 Å². The summed E-state index contributed by atoms with van der Waals surface area (Å²) in [6.07, 6.45) is -0.698. The molecule has 23 heavy (non-hydrogen) atoms. The number of piperidine rings is 1. The highest BCUT2D eigenvalue weighted by molar-refractivity contribution is 9.10. The monoisotopic (exact) mass is 411 g/mol. The molecule has 1 N–H and O–H groups in total. The average molecular weight is 413 g/mol. The third kappa shape index (κ3) is 3.03. The number of anilines is 1. The number of rotatable bonds is 1. The third-order valence-electron chi connectivity index (χ3n) is 4.64. The highest BCUT2D eigenvalue weighted by Gasteiger charge is 2.56. The Bertz CT molecular complexity index is 612. The third-order valence-corrected chi connectivity index (χ3v) is 5.50. The van der Waals surface area contributed by atoms with Gasteiger partial charge in [-0.15, -0.1) is 0 Å². The van der Waals surface area contributed by atoms with Crippen LogP contribution in [0, 0.1) is 5.41 Å². The number of amides is 1. The summed E-state index contributed by atoms with van der Waals surface area (Å²) in [5, 5.41) is 2.58. The molecule has 0 saturated carbocycles. The van der Waals surface area contributed by atoms with Crippen molar-refractivity contribution in [2.45, 2.75) is 31.5 Å². The molecular weight excluding hydrogens is 399 g/mol. The fourth-order valence-corrected chi connectivity index (χ4v) is 4.31. The van der Waals surface area contributed by atoms with Crippen molar-refractivity contribution in [3.8, 4) is 0 Å². The first kappa shape index (κ1) is 16.8. The molecule has 2 aliphatic heterocycles. The van der Waals surface area contributed by atoms with E-state index in [1.54, 1.807) is 6.20 Å². The minimum atomic E-state index is -4.40. The van der Waals surface area contributed by atoms with Gasteiger partial charge >= 0.3 is 6.18 Å². The predicted octanol–water partition coefficient (Wildman–Crippen LogP) is 3.53. The number of aromatic nitrogens is 1. The second kappa shape index (κ2) is 5.81. The van der Waals surface area contributed by atoms with Crippen LogP contribution in [0.3, 0.4) is 0 Å². The van der Waals surface area contributed by atoms with Crippen LogP contribution in [-0.2, 0) is 4.79 Å². The molecule has 1 unspecified atom stereocenters. The van der Waals surface area contributed by atoms with E-state index in [-0.39, 0.29) is 6.42 Å². The summed E-state index contributed by atoms with van der Waals surface area (Å²) in [6.45, 7) is 0.945. The topological polar surface area (TPSA) is 45.2 Å². The number of nitrogens with zero attached hydrogens (tertiary/aromatic N) is 2. The number of halogens is 5. The number of hydrogen-bond donors (Lipinski definition) is 1. The molecule has 0 radical (unpaired) electrons. The minimum absolute atomic E-state index is 0.186. The predicted molar refractivity (Wildman–Crippen MR) is 83.4 cm³/mol. The van der Waals surface area contributed by atoms with Crippen LogP contribution in [0.5, 0.6) is 0 Å². The van der Waals surface area contributed by atoms with E-state index in [0.29, 0.717) is 31.0 Å². The maximum absolute atomic E-state index is 12.9. The molecule has 0 aliphatic carbocycles. The fraction of sp³-hybridized carbons (Fsp3) is 0.571. The maximum Gasteiger partial charge on any atom is 0.408 e. The molecule has 0 bridgehead atoms. The van der Waals surface area contributed by atoms with Crippen LogP contribution in [0.25, 0.3) is 0 Å². The molecule has 0 aromatic carbocycles. The summed E-state index contributed by atoms with van der Waals surface area (Å²) >= 11 is 9.55. The quantitative estimate of drug-likeness (QED) is 0.767. The van der Waals surface area contributed by atoms with Gasteiger partial charge in [-0.2, -0.15) is 13.2 Å². The molecule has 1 spiro atoms. The van der Waals surface area contributed by atoms with Crippen LogP contribution >= 0.6 is 27.5 Å². The van der Waals surface area contributed by atoms with Crippen molar-refractivity contribution in [3.05, 3.63) is 21.9 Å². The van der Waals surface area contributed by atoms with Gasteiger partial charge in [0.15, 0.2) is 0 Å². The zero-order chi connectivity index (χ0) is 16.8. The van der Waals surface area contributed by atoms with Gasteiger partial charge in [-0.05, 0) is 35.2 Å². The summed E-state index contributed by atoms with van der Waals surface area (Å²) < 4.78 is 39.3. The van der Waals surface area contributed by atoms with E-state index in [4.69, 9.17) is 11.6 Å². The maximum atomic E-state index is 12.9. The fourth-order valence-electron chi connectivity index (χ4n) is 3.34. The van der Waals surface area contributed by atoms with Gasteiger partial charge in [0, 0.05) is 25.5 Å². The lowest BCUT2D eigenvalue weighted by Gasteiger charge is -2.39. The first-order valence-corrected chi connectivity index (χ1v) is 8.32. The number of hydrogen-bond acceptors (Lipinski definition) is 3. The first-order valence-electron chi connectivity index (χ1n) is 7.15. The van der Waals surface area contributed by atoms with Crippen LogP contribution in [-0.4, -0.2) is 36.2 Å². The van der Waals surface area contributed by atoms with Gasteiger partial charge in [-0.25, -0.2) is 0 Å². The summed E-state index contributed by atoms with van der Waals surface area (Å²) in [7, 11) is 0. The van der Waals surface area contributed by atoms with E-state index in [1.807, 2.05) is 4.90 Å². The minimum Gasteiger partial charge on any atom is -0.369 e. The van der Waals surface area contributed by atoms with Crippen LogP contribution < -0.4 is 10.2 Å². The second-order valence-corrected chi connectivity index (χ2v) is 7.25. The van der Waals surface area contributed by atoms with Gasteiger partial charge in [0.25, 0.3) is 0 Å². The van der Waals surface area contributed by atoms with Crippen molar-refractivity contribution in [1.82, 2.24) is 10.3 Å². The highest BCUT2D eigenvalue weighted by Crippen LogP contribution is 2.46. The number of carbonyl (C=O) groups excluding carboxylic acids is 1. The van der Waals surface area contributed by atoms with E-state index < -0.39 is 23.5 Å². The number of alkyl halides is 3. The average Bonchev–Trinajstić information content (AvgIpc) is 2.78. The zero-order valence-corrected chi connectivity index (χ0v) is 14.3. The molecule has 2 saturated heterocycles. The van der Waals surface area contributed by atoms with E-state index in [2.05, 4.69) is 26.2 Å². The van der Waals surface area contributed by atoms with Crippen molar-refractivity contribution < 1.29 is 18.0 Å². The Balaban J connectivity index is 1.75. The van der Waals surface area contributed by atoms with E-state index in [0.717, 1.165) is 10.2 Å². The molecule has 3 rings (SSSR count). The van der Waals surface area contributed by atoms with Gasteiger partial charge in [0.2, 0.25) is 5.91 Å². The first-order chi connectivity index (χ1) is 10.7. The summed E-state index contributed by atoms with van der Waals surface area (Å²) in [5.41, 5.74) is -0.162. The van der Waals surface area contributed by atoms with Gasteiger partial charge in [-0.1, -0.05) is 11.6 Å². The number of pyridine rings is 1. The lowest BCUT2D eigenvalue weighted by Crippen LogP contribution is -2.44. The van der Waals surface area contributed by atoms with Gasteiger partial charge < -0.3 is 10.2 Å². The molecule has 1 aromatic rings.